The number of benzene rings is 1. The van der Waals surface area contributed by atoms with Crippen LogP contribution in [0.3, 0.4) is 0 Å². The third kappa shape index (κ3) is 4.69. The van der Waals surface area contributed by atoms with Gasteiger partial charge in [-0.05, 0) is 30.5 Å². The molecule has 0 saturated carbocycles. The van der Waals surface area contributed by atoms with Gasteiger partial charge in [0, 0.05) is 17.2 Å². The zero-order valence-electron chi connectivity index (χ0n) is 10.9. The molecule has 0 unspecified atom stereocenters. The molecule has 0 fully saturated rings. The Morgan fingerprint density at radius 2 is 1.85 bits per heavy atom. The summed E-state index contributed by atoms with van der Waals surface area (Å²) in [5, 5.41) is 0. The molecule has 20 heavy (non-hydrogen) atoms. The highest BCUT2D eigenvalue weighted by atomic mass is 35.7. The van der Waals surface area contributed by atoms with E-state index in [4.69, 9.17) is 10.7 Å². The van der Waals surface area contributed by atoms with Crippen molar-refractivity contribution in [2.45, 2.75) is 30.1 Å². The molecule has 0 radical (unpaired) electrons. The summed E-state index contributed by atoms with van der Waals surface area (Å²) in [5.74, 6) is -0.866. The molecule has 0 aliphatic heterocycles. The zero-order chi connectivity index (χ0) is 15.6. The maximum Gasteiger partial charge on any atom is 0.261 e. The lowest BCUT2D eigenvalue weighted by Gasteiger charge is -2.09. The largest absolute Gasteiger partial charge is 0.261 e. The molecule has 0 aliphatic rings. The van der Waals surface area contributed by atoms with E-state index in [0.29, 0.717) is 18.4 Å². The first-order valence-corrected chi connectivity index (χ1v) is 9.57. The maximum atomic E-state index is 13.7. The van der Waals surface area contributed by atoms with Gasteiger partial charge in [0.1, 0.15) is 10.7 Å². The summed E-state index contributed by atoms with van der Waals surface area (Å²) in [7, 11) is -3.05. The van der Waals surface area contributed by atoms with Crippen molar-refractivity contribution < 1.29 is 21.2 Å². The summed E-state index contributed by atoms with van der Waals surface area (Å²) in [6.45, 7) is 4.03. The smallest absolute Gasteiger partial charge is 0.211 e. The normalized spacial score (nSPS) is 12.8. The summed E-state index contributed by atoms with van der Waals surface area (Å²) < 4.78 is 61.8. The molecule has 0 atom stereocenters. The molecule has 0 aliphatic carbocycles. The van der Waals surface area contributed by atoms with Crippen LogP contribution in [0.25, 0.3) is 0 Å². The van der Waals surface area contributed by atoms with Gasteiger partial charge in [0.2, 0.25) is 10.0 Å². The second-order valence-electron chi connectivity index (χ2n) is 4.61. The van der Waals surface area contributed by atoms with Crippen LogP contribution in [0.1, 0.15) is 20.3 Å². The van der Waals surface area contributed by atoms with Gasteiger partial charge in [-0.2, -0.15) is 0 Å². The molecule has 1 aromatic rings. The minimum absolute atomic E-state index is 0.176. The van der Waals surface area contributed by atoms with Crippen LogP contribution in [0, 0.1) is 11.7 Å². The van der Waals surface area contributed by atoms with E-state index in [9.17, 15) is 21.2 Å². The van der Waals surface area contributed by atoms with Crippen LogP contribution in [-0.2, 0) is 19.1 Å². The van der Waals surface area contributed by atoms with Crippen LogP contribution in [0.4, 0.5) is 4.39 Å². The van der Waals surface area contributed by atoms with Crippen molar-refractivity contribution in [3.63, 3.8) is 0 Å². The molecule has 114 valence electrons. The second-order valence-corrected chi connectivity index (χ2v) is 8.91. The van der Waals surface area contributed by atoms with E-state index in [-0.39, 0.29) is 6.54 Å². The second kappa shape index (κ2) is 6.38. The number of nitrogens with one attached hydrogen (secondary N) is 1. The van der Waals surface area contributed by atoms with E-state index in [2.05, 4.69) is 4.72 Å². The molecule has 1 N–H and O–H groups in total. The first-order chi connectivity index (χ1) is 9.04. The van der Waals surface area contributed by atoms with Gasteiger partial charge in [0.25, 0.3) is 9.05 Å². The summed E-state index contributed by atoms with van der Waals surface area (Å²) in [4.78, 5) is -1.09. The minimum Gasteiger partial charge on any atom is -0.211 e. The molecule has 1 aromatic carbocycles. The quantitative estimate of drug-likeness (QED) is 0.802. The lowest BCUT2D eigenvalue weighted by Crippen LogP contribution is -2.26. The Morgan fingerprint density at radius 1 is 1.25 bits per heavy atom. The van der Waals surface area contributed by atoms with Crippen molar-refractivity contribution in [1.82, 2.24) is 4.72 Å². The first kappa shape index (κ1) is 17.4. The van der Waals surface area contributed by atoms with Gasteiger partial charge in [-0.15, -0.1) is 0 Å². The van der Waals surface area contributed by atoms with Crippen LogP contribution in [-0.4, -0.2) is 23.4 Å². The Labute approximate surface area is 122 Å². The topological polar surface area (TPSA) is 80.3 Å². The highest BCUT2D eigenvalue weighted by molar-refractivity contribution is 8.13. The third-order valence-electron chi connectivity index (χ3n) is 2.49. The minimum atomic E-state index is -4.10. The van der Waals surface area contributed by atoms with Gasteiger partial charge in [-0.3, -0.25) is 0 Å². The fourth-order valence-corrected chi connectivity index (χ4v) is 3.28. The fraction of sp³-hybridized carbons (Fsp3) is 0.455. The molecule has 0 bridgehead atoms. The van der Waals surface area contributed by atoms with Gasteiger partial charge < -0.3 is 0 Å². The molecule has 0 aromatic heterocycles. The number of hydrogen-bond donors (Lipinski definition) is 1. The predicted molar refractivity (Wildman–Crippen MR) is 74.1 cm³/mol. The van der Waals surface area contributed by atoms with Gasteiger partial charge in [-0.1, -0.05) is 13.8 Å². The summed E-state index contributed by atoms with van der Waals surface area (Å²) in [6, 6.07) is 2.41. The summed E-state index contributed by atoms with van der Waals surface area (Å²) in [5.41, 5.74) is 0. The Morgan fingerprint density at radius 3 is 2.30 bits per heavy atom. The number of rotatable bonds is 6. The van der Waals surface area contributed by atoms with Crippen LogP contribution in [0.15, 0.2) is 28.0 Å². The molecule has 0 spiro atoms. The summed E-state index contributed by atoms with van der Waals surface area (Å²) >= 11 is 0. The van der Waals surface area contributed by atoms with Gasteiger partial charge in [0.05, 0.1) is 4.90 Å². The van der Waals surface area contributed by atoms with E-state index in [1.54, 1.807) is 0 Å². The van der Waals surface area contributed by atoms with Crippen LogP contribution < -0.4 is 4.72 Å². The maximum absolute atomic E-state index is 13.7. The highest BCUT2D eigenvalue weighted by Gasteiger charge is 2.21. The summed E-state index contributed by atoms with van der Waals surface area (Å²) in [6.07, 6.45) is 0.606. The number of sulfonamides is 1. The average Bonchev–Trinajstić information content (AvgIpc) is 2.26. The molecule has 5 nitrogen and oxygen atoms in total. The van der Waals surface area contributed by atoms with Crippen molar-refractivity contribution in [1.29, 1.82) is 0 Å². The standard InChI is InChI=1S/C11H15ClFNO4S2/c1-8(2)5-6-14-20(17,18)11-4-3-9(7-10(11)13)19(12,15)16/h3-4,7-8,14H,5-6H2,1-2H3. The van der Waals surface area contributed by atoms with Crippen molar-refractivity contribution in [2.75, 3.05) is 6.54 Å². The van der Waals surface area contributed by atoms with Crippen LogP contribution in [0.5, 0.6) is 0 Å². The van der Waals surface area contributed by atoms with E-state index in [1.165, 1.54) is 0 Å². The molecule has 0 saturated heterocycles. The van der Waals surface area contributed by atoms with E-state index in [1.807, 2.05) is 13.8 Å². The first-order valence-electron chi connectivity index (χ1n) is 5.78. The van der Waals surface area contributed by atoms with Crippen molar-refractivity contribution in [3.8, 4) is 0 Å². The van der Waals surface area contributed by atoms with Gasteiger partial charge in [0.15, 0.2) is 0 Å². The SMILES string of the molecule is CC(C)CCNS(=O)(=O)c1ccc(S(=O)(=O)Cl)cc1F. The predicted octanol–water partition coefficient (Wildman–Crippen LogP) is 2.08. The van der Waals surface area contributed by atoms with E-state index in [0.717, 1.165) is 12.1 Å². The van der Waals surface area contributed by atoms with Crippen molar-refractivity contribution in [2.24, 2.45) is 5.92 Å². The van der Waals surface area contributed by atoms with Gasteiger partial charge >= 0.3 is 0 Å². The fourth-order valence-electron chi connectivity index (χ4n) is 1.41. The van der Waals surface area contributed by atoms with Crippen molar-refractivity contribution >= 4 is 29.8 Å². The molecule has 0 heterocycles. The lowest BCUT2D eigenvalue weighted by atomic mass is 10.1. The molecule has 1 rings (SSSR count). The zero-order valence-corrected chi connectivity index (χ0v) is 13.3. The average molecular weight is 344 g/mol. The number of halogens is 2. The van der Waals surface area contributed by atoms with E-state index < -0.39 is 34.7 Å². The Balaban J connectivity index is 3.02. The van der Waals surface area contributed by atoms with Gasteiger partial charge in [-0.25, -0.2) is 25.9 Å². The highest BCUT2D eigenvalue weighted by Crippen LogP contribution is 2.21. The third-order valence-corrected chi connectivity index (χ3v) is 5.33. The number of hydrogen-bond acceptors (Lipinski definition) is 4. The molecular formula is C11H15ClFNO4S2. The molecular weight excluding hydrogens is 329 g/mol. The Bertz CT molecular complexity index is 686. The monoisotopic (exact) mass is 343 g/mol. The van der Waals surface area contributed by atoms with E-state index >= 15 is 0 Å². The van der Waals surface area contributed by atoms with Crippen LogP contribution in [0.2, 0.25) is 0 Å². The Kier molecular flexibility index (Phi) is 5.54. The lowest BCUT2D eigenvalue weighted by molar-refractivity contribution is 0.538. The molecule has 0 amide bonds. The van der Waals surface area contributed by atoms with Crippen molar-refractivity contribution in [3.05, 3.63) is 24.0 Å². The Hall–Kier alpha value is -0.700. The van der Waals surface area contributed by atoms with Crippen LogP contribution >= 0.6 is 10.7 Å². The molecule has 9 heteroatoms.